The molecule has 7 saturated carbocycles. The number of benzene rings is 7. The highest BCUT2D eigenvalue weighted by Crippen LogP contribution is 2.43. The van der Waals surface area contributed by atoms with Gasteiger partial charge in [0, 0.05) is 108 Å². The van der Waals surface area contributed by atoms with E-state index >= 15 is 0 Å². The first-order valence-electron chi connectivity index (χ1n) is 49.6. The molecule has 14 aliphatic rings. The summed E-state index contributed by atoms with van der Waals surface area (Å²) in [5.41, 5.74) is 27.1. The van der Waals surface area contributed by atoms with Crippen LogP contribution in [-0.4, -0.2) is 188 Å². The molecule has 7 aromatic carbocycles. The molecule has 145 heavy (non-hydrogen) atoms. The largest absolute Gasteiger partial charge is 0.496 e. The second-order valence-corrected chi connectivity index (χ2v) is 39.9. The van der Waals surface area contributed by atoms with Gasteiger partial charge in [0.2, 0.25) is 0 Å². The third kappa shape index (κ3) is 21.8. The quantitative estimate of drug-likeness (QED) is 0.0338. The van der Waals surface area contributed by atoms with Crippen LogP contribution < -0.4 is 16.2 Å². The number of allylic oxidation sites excluding steroid dienone is 6. The van der Waals surface area contributed by atoms with Crippen molar-refractivity contribution in [3.8, 4) is 5.75 Å². The Kier molecular flexibility index (Phi) is 32.3. The molecule has 0 spiro atoms. The molecule has 0 bridgehead atoms. The van der Waals surface area contributed by atoms with E-state index in [1.54, 1.807) is 101 Å². The predicted molar refractivity (Wildman–Crippen MR) is 543 cm³/mol. The van der Waals surface area contributed by atoms with Gasteiger partial charge in [0.25, 0.3) is 64.8 Å². The molecule has 7 aromatic rings. The standard InChI is InChI=1S/C17H17NO3.C17H19NO3.C17H19NO2.C16H16ClNO2.C16H16N2O4.C16H16N2O3.C15H16N2O3/c1-10-5-3-8-13(14(19)9-10)18-16(20)12-7-4-6-11(2)15(12)17(18)21;1-11-5-3-7-14(15(19)9-11)18-10-13-12(17(18)20)6-4-8-16(13)21-2;1-11-5-3-8-15(16(19)9-11)18-10-14-12(2)6-4-7-13(14)17(18)20;1-10-4-2-7-14(15(19)8-10)18-9-12-11(16(18)20)5-3-6-13(12)17;1-10-4-2-7-14(15(19)8-10)17-9-12-11(16(17)20)5-3-6-13(12)18(21)22;1-9-4-2-7-12(13(19)8-9)18-15(20)10-5-3-6-11(17)14(10)16(18)21;16-10-6-4-5-9-13(10)15(20)17(14(9)19)11-7-2-1-3-8-12(11)18/h4,6-7,13H,1,3,5,8-9H2,2H3;4,6,8,14H,1,3,5,7,9-10H2,2H3;4,6-7,15H,1,3,5,8-10H2,2H3;3,5-6,14H,1-2,4,7-9H2;3,5-6,14H,1-2,4,7-9H2;3,5-6,12H,1-2,4,7-8,17H2;4-6,11H,1-3,7-8,16H2/t13-;14-;15-;2*14-;12-;11-/m0000011/s1. The van der Waals surface area contributed by atoms with Crippen molar-refractivity contribution in [1.82, 2.24) is 34.3 Å². The van der Waals surface area contributed by atoms with Gasteiger partial charge >= 0.3 is 0 Å². The van der Waals surface area contributed by atoms with Gasteiger partial charge in [0.05, 0.1) is 112 Å². The van der Waals surface area contributed by atoms with Gasteiger partial charge in [-0.3, -0.25) is 106 Å². The van der Waals surface area contributed by atoms with Crippen LogP contribution in [0.1, 0.15) is 323 Å². The number of methoxy groups -OCH3 is 1. The second-order valence-electron chi connectivity index (χ2n) is 39.5. The lowest BCUT2D eigenvalue weighted by atomic mass is 10.0. The molecule has 0 radical (unpaired) electrons. The van der Waals surface area contributed by atoms with Gasteiger partial charge < -0.3 is 35.8 Å². The van der Waals surface area contributed by atoms with E-state index in [4.69, 9.17) is 27.8 Å². The summed E-state index contributed by atoms with van der Waals surface area (Å²) in [5, 5.41) is 11.7. The topological polar surface area (TPSA) is 417 Å². The number of carbonyl (C=O) groups excluding carboxylic acids is 17. The molecular formula is C114H119ClN10O20. The summed E-state index contributed by atoms with van der Waals surface area (Å²) in [4.78, 5) is 232. The maximum absolute atomic E-state index is 12.6. The lowest BCUT2D eigenvalue weighted by molar-refractivity contribution is -0.385. The molecular weight excluding hydrogens is 1860 g/mol. The molecule has 10 amide bonds. The fourth-order valence-corrected chi connectivity index (χ4v) is 22.3. The molecule has 7 heterocycles. The fourth-order valence-electron chi connectivity index (χ4n) is 22.1. The number of nitro benzene ring substituents is 1. The number of fused-ring (bicyclic) bond motifs is 7. The van der Waals surface area contributed by atoms with E-state index in [1.807, 2.05) is 50.2 Å². The number of ketones is 7. The summed E-state index contributed by atoms with van der Waals surface area (Å²) in [6.45, 7) is 28.8. The number of ether oxygens (including phenoxy) is 1. The van der Waals surface area contributed by atoms with Crippen LogP contribution in [-0.2, 0) is 59.7 Å². The Morgan fingerprint density at radius 3 is 0.966 bits per heavy atom. The number of hydrogen-bond donors (Lipinski definition) is 2. The Balaban J connectivity index is 0.000000127. The molecule has 4 N–H and O–H groups in total. The SMILES string of the molecule is C=C1CCC[C@@H](N2C(=O)c3cccc(N)c3C2=O)C(=O)C1.C=C1CCC[C@H](N2C(=O)c3cccc(C)c3C2=O)C(=O)C1.C=C1CCC[C@H](N2Cc3c(C)cccc3C2=O)C(=O)C1.C=C1CCC[C@H](N2Cc3c(Cl)cccc3C2=O)C(=O)C1.C=C1CCC[C@H](N2Cc3c(OC)cccc3C2=O)C(=O)C1.C=C1CCC[C@H](N2Cc3c(cccc3[N+](=O)[O-])C2=O)C(=O)C1.Nc1cccc2c1C(=O)N([C@@H]1CCCCCC1=O)C2=O. The molecule has 21 rings (SSSR count). The number of carbonyl (C=O) groups is 17. The number of hydrogen-bond acceptors (Lipinski definition) is 22. The van der Waals surface area contributed by atoms with E-state index < -0.39 is 52.7 Å². The number of amides is 10. The normalized spacial score (nSPS) is 22.5. The number of nitrogen functional groups attached to an aromatic ring is 2. The zero-order chi connectivity index (χ0) is 104. The van der Waals surface area contributed by atoms with Crippen LogP contribution in [0.25, 0.3) is 0 Å². The molecule has 30 nitrogen and oxygen atoms in total. The summed E-state index contributed by atoms with van der Waals surface area (Å²) in [5.74, 6) is -1.96. The number of nitrogens with zero attached hydrogens (tertiary/aromatic N) is 8. The van der Waals surface area contributed by atoms with E-state index in [1.165, 1.54) is 21.9 Å². The number of imide groups is 3. The Morgan fingerprint density at radius 1 is 0.303 bits per heavy atom. The van der Waals surface area contributed by atoms with Gasteiger partial charge in [-0.1, -0.05) is 152 Å². The monoisotopic (exact) mass is 1980 g/mol. The average Bonchev–Trinajstić information content (AvgIpc) is 1.61. The van der Waals surface area contributed by atoms with Crippen molar-refractivity contribution in [2.24, 2.45) is 0 Å². The lowest BCUT2D eigenvalue weighted by Crippen LogP contribution is -2.44. The van der Waals surface area contributed by atoms with E-state index in [0.29, 0.717) is 126 Å². The smallest absolute Gasteiger partial charge is 0.275 e. The van der Waals surface area contributed by atoms with Crippen LogP contribution in [0.5, 0.6) is 5.75 Å². The Hall–Kier alpha value is -14.9. The van der Waals surface area contributed by atoms with Gasteiger partial charge in [0.15, 0.2) is 40.5 Å². The fraction of sp³-hybridized carbons (Fsp3) is 0.377. The average molecular weight is 1980 g/mol. The summed E-state index contributed by atoms with van der Waals surface area (Å²) in [7, 11) is 1.60. The summed E-state index contributed by atoms with van der Waals surface area (Å²) < 4.78 is 5.33. The Labute approximate surface area is 846 Å². The maximum Gasteiger partial charge on any atom is 0.275 e. The Morgan fingerprint density at radius 2 is 0.593 bits per heavy atom. The lowest BCUT2D eigenvalue weighted by Gasteiger charge is -2.25. The summed E-state index contributed by atoms with van der Waals surface area (Å²) >= 11 is 6.15. The first-order chi connectivity index (χ1) is 69.4. The first-order valence-corrected chi connectivity index (χ1v) is 50.0. The van der Waals surface area contributed by atoms with E-state index in [-0.39, 0.29) is 148 Å². The van der Waals surface area contributed by atoms with Crippen molar-refractivity contribution in [2.45, 2.75) is 269 Å². The van der Waals surface area contributed by atoms with Gasteiger partial charge in [0.1, 0.15) is 5.75 Å². The number of anilines is 2. The maximum atomic E-state index is 12.6. The number of halogens is 1. The van der Waals surface area contributed by atoms with E-state index in [0.717, 1.165) is 192 Å². The van der Waals surface area contributed by atoms with Crippen molar-refractivity contribution in [2.75, 3.05) is 18.6 Å². The van der Waals surface area contributed by atoms with Crippen LogP contribution in [0, 0.1) is 24.0 Å². The highest BCUT2D eigenvalue weighted by Gasteiger charge is 2.50. The molecule has 7 aliphatic heterocycles. The number of aryl methyl sites for hydroxylation is 2. The molecule has 31 heteroatoms. The number of nitro groups is 1. The highest BCUT2D eigenvalue weighted by atomic mass is 35.5. The Bertz CT molecular complexity index is 6480. The number of rotatable bonds is 9. The predicted octanol–water partition coefficient (Wildman–Crippen LogP) is 18.1. The molecule has 0 saturated heterocycles. The molecule has 0 aromatic heterocycles. The zero-order valence-electron chi connectivity index (χ0n) is 82.0. The van der Waals surface area contributed by atoms with Gasteiger partial charge in [-0.2, -0.15) is 0 Å². The minimum atomic E-state index is -0.698. The van der Waals surface area contributed by atoms with Crippen LogP contribution in [0.15, 0.2) is 200 Å². The van der Waals surface area contributed by atoms with Crippen molar-refractivity contribution >= 4 is 128 Å². The van der Waals surface area contributed by atoms with E-state index in [2.05, 4.69) is 39.5 Å². The van der Waals surface area contributed by atoms with Crippen molar-refractivity contribution in [1.29, 1.82) is 0 Å². The van der Waals surface area contributed by atoms with Gasteiger partial charge in [-0.25, -0.2) is 0 Å². The van der Waals surface area contributed by atoms with Crippen molar-refractivity contribution < 1.29 is 91.2 Å². The third-order valence-corrected chi connectivity index (χ3v) is 30.0. The summed E-state index contributed by atoms with van der Waals surface area (Å²) in [6.07, 6.45) is 19.5. The van der Waals surface area contributed by atoms with Crippen molar-refractivity contribution in [3.63, 3.8) is 0 Å². The van der Waals surface area contributed by atoms with Crippen LogP contribution >= 0.6 is 11.6 Å². The summed E-state index contributed by atoms with van der Waals surface area (Å²) in [6, 6.07) is 32.6. The van der Waals surface area contributed by atoms with Crippen molar-refractivity contribution in [3.05, 3.63) is 304 Å². The van der Waals surface area contributed by atoms with E-state index in [9.17, 15) is 91.6 Å². The highest BCUT2D eigenvalue weighted by molar-refractivity contribution is 6.32. The molecule has 0 unspecified atom stereocenters. The van der Waals surface area contributed by atoms with Gasteiger partial charge in [-0.15, -0.1) is 0 Å². The third-order valence-electron chi connectivity index (χ3n) is 29.7. The molecule has 752 valence electrons. The number of nitrogens with two attached hydrogens (primary N) is 2. The minimum absolute atomic E-state index is 0.00885. The first kappa shape index (κ1) is 104. The van der Waals surface area contributed by atoms with Crippen LogP contribution in [0.3, 0.4) is 0 Å². The molecule has 7 fully saturated rings. The zero-order valence-corrected chi connectivity index (χ0v) is 82.8. The van der Waals surface area contributed by atoms with Crippen LogP contribution in [0.4, 0.5) is 17.1 Å². The number of Topliss-reactive ketones (excluding diaryl/α,β-unsaturated/α-hetero) is 7. The van der Waals surface area contributed by atoms with Gasteiger partial charge in [-0.05, 0) is 226 Å². The minimum Gasteiger partial charge on any atom is -0.496 e. The second kappa shape index (κ2) is 44.9. The van der Waals surface area contributed by atoms with Crippen LogP contribution in [0.2, 0.25) is 5.02 Å². The molecule has 7 aliphatic carbocycles. The molecule has 7 atom stereocenters.